The lowest BCUT2D eigenvalue weighted by Crippen LogP contribution is -2.31. The van der Waals surface area contributed by atoms with Crippen LogP contribution in [0.5, 0.6) is 11.5 Å². The lowest BCUT2D eigenvalue weighted by atomic mass is 9.91. The molecule has 0 fully saturated rings. The summed E-state index contributed by atoms with van der Waals surface area (Å²) >= 11 is 0. The molecule has 1 aromatic heterocycles. The van der Waals surface area contributed by atoms with Crippen LogP contribution in [-0.2, 0) is 12.8 Å². The summed E-state index contributed by atoms with van der Waals surface area (Å²) < 4.78 is 11.6. The maximum atomic E-state index is 5.82. The minimum atomic E-state index is 0.122. The first kappa shape index (κ1) is 16.8. The van der Waals surface area contributed by atoms with E-state index in [1.165, 1.54) is 11.1 Å². The fourth-order valence-electron chi connectivity index (χ4n) is 3.34. The van der Waals surface area contributed by atoms with Gasteiger partial charge >= 0.3 is 0 Å². The molecule has 0 bridgehead atoms. The summed E-state index contributed by atoms with van der Waals surface area (Å²) in [5, 5.41) is 3.62. The summed E-state index contributed by atoms with van der Waals surface area (Å²) in [7, 11) is 0. The monoisotopic (exact) mass is 329 g/mol. The van der Waals surface area contributed by atoms with Gasteiger partial charge in [-0.05, 0) is 50.5 Å². The van der Waals surface area contributed by atoms with Crippen molar-refractivity contribution in [3.05, 3.63) is 40.5 Å². The molecule has 2 aromatic rings. The number of hydrogen-bond donors (Lipinski definition) is 2. The highest BCUT2D eigenvalue weighted by Gasteiger charge is 2.27. The Morgan fingerprint density at radius 2 is 1.83 bits per heavy atom. The number of nitrogens with one attached hydrogen (secondary N) is 2. The molecule has 0 spiro atoms. The lowest BCUT2D eigenvalue weighted by Gasteiger charge is -2.28. The molecule has 1 aliphatic heterocycles. The van der Waals surface area contributed by atoms with E-state index in [1.807, 2.05) is 13.8 Å². The van der Waals surface area contributed by atoms with Crippen LogP contribution in [0.25, 0.3) is 0 Å². The fourth-order valence-corrected chi connectivity index (χ4v) is 3.34. The van der Waals surface area contributed by atoms with Gasteiger partial charge in [0.1, 0.15) is 5.82 Å². The second-order valence-electron chi connectivity index (χ2n) is 6.04. The first-order valence-electron chi connectivity index (χ1n) is 8.89. The van der Waals surface area contributed by atoms with E-state index in [0.717, 1.165) is 48.1 Å². The number of rotatable bonds is 6. The molecule has 2 N–H and O–H groups in total. The van der Waals surface area contributed by atoms with E-state index < -0.39 is 0 Å². The second-order valence-corrected chi connectivity index (χ2v) is 6.04. The van der Waals surface area contributed by atoms with Crippen LogP contribution in [0.1, 0.15) is 55.2 Å². The number of H-pyrrole nitrogens is 1. The predicted octanol–water partition coefficient (Wildman–Crippen LogP) is 3.31. The van der Waals surface area contributed by atoms with Gasteiger partial charge in [0.05, 0.1) is 30.6 Å². The molecule has 1 aromatic carbocycles. The Kier molecular flexibility index (Phi) is 5.09. The van der Waals surface area contributed by atoms with E-state index in [4.69, 9.17) is 9.47 Å². The fraction of sp³-hybridized carbons (Fsp3) is 0.526. The van der Waals surface area contributed by atoms with E-state index in [2.05, 4.69) is 41.3 Å². The quantitative estimate of drug-likeness (QED) is 0.853. The predicted molar refractivity (Wildman–Crippen MR) is 95.0 cm³/mol. The molecule has 3 rings (SSSR count). The Balaban J connectivity index is 2.05. The zero-order valence-corrected chi connectivity index (χ0v) is 15.0. The van der Waals surface area contributed by atoms with Crippen molar-refractivity contribution in [1.29, 1.82) is 0 Å². The molecule has 0 saturated carbocycles. The van der Waals surface area contributed by atoms with E-state index in [-0.39, 0.29) is 6.04 Å². The number of nitrogens with zero attached hydrogens (tertiary/aromatic N) is 1. The highest BCUT2D eigenvalue weighted by atomic mass is 16.5. The molecule has 5 heteroatoms. The van der Waals surface area contributed by atoms with Crippen molar-refractivity contribution in [3.63, 3.8) is 0 Å². The average molecular weight is 329 g/mol. The van der Waals surface area contributed by atoms with Crippen LogP contribution >= 0.6 is 0 Å². The number of aromatic amines is 1. The van der Waals surface area contributed by atoms with Crippen molar-refractivity contribution in [1.82, 2.24) is 15.3 Å². The van der Waals surface area contributed by atoms with Gasteiger partial charge in [0.15, 0.2) is 11.5 Å². The smallest absolute Gasteiger partial charge is 0.161 e. The molecule has 0 unspecified atom stereocenters. The average Bonchev–Trinajstić information content (AvgIpc) is 2.96. The number of fused-ring (bicyclic) bond motifs is 1. The van der Waals surface area contributed by atoms with Gasteiger partial charge in [-0.15, -0.1) is 0 Å². The van der Waals surface area contributed by atoms with Crippen LogP contribution in [0, 0.1) is 6.92 Å². The van der Waals surface area contributed by atoms with Gasteiger partial charge in [-0.2, -0.15) is 0 Å². The van der Waals surface area contributed by atoms with Gasteiger partial charge in [-0.3, -0.25) is 0 Å². The zero-order valence-electron chi connectivity index (χ0n) is 15.0. The number of ether oxygens (including phenoxy) is 2. The van der Waals surface area contributed by atoms with Crippen molar-refractivity contribution < 1.29 is 9.47 Å². The third-order valence-corrected chi connectivity index (χ3v) is 4.45. The third-order valence-electron chi connectivity index (χ3n) is 4.45. The number of aryl methyl sites for hydroxylation is 2. The molecular weight excluding hydrogens is 302 g/mol. The molecule has 0 aliphatic carbocycles. The number of aromatic nitrogens is 2. The van der Waals surface area contributed by atoms with E-state index in [9.17, 15) is 0 Å². The Morgan fingerprint density at radius 1 is 1.12 bits per heavy atom. The van der Waals surface area contributed by atoms with Crippen LogP contribution in [0.4, 0.5) is 0 Å². The van der Waals surface area contributed by atoms with Crippen molar-refractivity contribution >= 4 is 0 Å². The van der Waals surface area contributed by atoms with Crippen molar-refractivity contribution in [2.45, 2.75) is 46.6 Å². The van der Waals surface area contributed by atoms with Gasteiger partial charge in [-0.1, -0.05) is 6.92 Å². The zero-order chi connectivity index (χ0) is 17.1. The van der Waals surface area contributed by atoms with Crippen LogP contribution in [0.3, 0.4) is 0 Å². The highest BCUT2D eigenvalue weighted by molar-refractivity contribution is 5.51. The van der Waals surface area contributed by atoms with Gasteiger partial charge in [0, 0.05) is 13.0 Å². The number of benzene rings is 1. The maximum absolute atomic E-state index is 5.82. The highest BCUT2D eigenvalue weighted by Crippen LogP contribution is 2.38. The summed E-state index contributed by atoms with van der Waals surface area (Å²) in [6.07, 6.45) is 1.90. The maximum Gasteiger partial charge on any atom is 0.161 e. The largest absolute Gasteiger partial charge is 0.490 e. The minimum Gasteiger partial charge on any atom is -0.490 e. The van der Waals surface area contributed by atoms with Crippen LogP contribution in [0.15, 0.2) is 12.1 Å². The summed E-state index contributed by atoms with van der Waals surface area (Å²) in [5.41, 5.74) is 4.78. The molecule has 2 heterocycles. The molecule has 0 amide bonds. The Morgan fingerprint density at radius 3 is 2.46 bits per heavy atom. The van der Waals surface area contributed by atoms with E-state index in [1.54, 1.807) is 0 Å². The lowest BCUT2D eigenvalue weighted by molar-refractivity contribution is 0.286. The van der Waals surface area contributed by atoms with Gasteiger partial charge < -0.3 is 19.8 Å². The summed E-state index contributed by atoms with van der Waals surface area (Å²) in [6.45, 7) is 10.4. The summed E-state index contributed by atoms with van der Waals surface area (Å²) in [5.74, 6) is 2.70. The van der Waals surface area contributed by atoms with E-state index in [0.29, 0.717) is 13.2 Å². The number of hydrogen-bond acceptors (Lipinski definition) is 4. The Labute approximate surface area is 143 Å². The summed E-state index contributed by atoms with van der Waals surface area (Å²) in [6, 6.07) is 4.40. The molecule has 24 heavy (non-hydrogen) atoms. The third kappa shape index (κ3) is 3.13. The van der Waals surface area contributed by atoms with Gasteiger partial charge in [0.2, 0.25) is 0 Å². The Hall–Kier alpha value is -2.01. The van der Waals surface area contributed by atoms with Crippen molar-refractivity contribution in [3.8, 4) is 11.5 Å². The first-order chi connectivity index (χ1) is 11.7. The molecule has 0 radical (unpaired) electrons. The van der Waals surface area contributed by atoms with Crippen molar-refractivity contribution in [2.75, 3.05) is 19.8 Å². The molecule has 0 saturated heterocycles. The molecule has 5 nitrogen and oxygen atoms in total. The van der Waals surface area contributed by atoms with E-state index >= 15 is 0 Å². The molecule has 130 valence electrons. The first-order valence-corrected chi connectivity index (χ1v) is 8.89. The standard InChI is InChI=1S/C19H27N3O2/c1-5-17-21-12(4)18(22-17)19-14-11-16(24-7-3)15(23-6-2)10-13(14)8-9-20-19/h10-11,19-20H,5-9H2,1-4H3,(H,21,22)/t19-/m0/s1. The normalized spacial score (nSPS) is 16.8. The number of imidazole rings is 1. The summed E-state index contributed by atoms with van der Waals surface area (Å²) in [4.78, 5) is 8.12. The molecule has 1 atom stereocenters. The van der Waals surface area contributed by atoms with Crippen molar-refractivity contribution in [2.24, 2.45) is 0 Å². The SMILES string of the molecule is CCOc1cc2c(cc1OCC)[C@@H](c1[nH]c(CC)nc1C)NCC2. The van der Waals surface area contributed by atoms with Crippen LogP contribution < -0.4 is 14.8 Å². The minimum absolute atomic E-state index is 0.122. The second kappa shape index (κ2) is 7.26. The van der Waals surface area contributed by atoms with Gasteiger partial charge in [0.25, 0.3) is 0 Å². The topological polar surface area (TPSA) is 59.2 Å². The molecular formula is C19H27N3O2. The van der Waals surface area contributed by atoms with Crippen LogP contribution in [0.2, 0.25) is 0 Å². The Bertz CT molecular complexity index is 709. The van der Waals surface area contributed by atoms with Gasteiger partial charge in [-0.25, -0.2) is 4.98 Å². The molecule has 1 aliphatic rings. The van der Waals surface area contributed by atoms with Crippen LogP contribution in [-0.4, -0.2) is 29.7 Å².